The van der Waals surface area contributed by atoms with Crippen LogP contribution in [-0.2, 0) is 16.0 Å². The van der Waals surface area contributed by atoms with Crippen LogP contribution in [-0.4, -0.2) is 46.0 Å². The second kappa shape index (κ2) is 6.94. The van der Waals surface area contributed by atoms with Crippen LogP contribution in [0.25, 0.3) is 0 Å². The van der Waals surface area contributed by atoms with E-state index < -0.39 is 0 Å². The van der Waals surface area contributed by atoms with E-state index in [0.29, 0.717) is 18.9 Å². The molecular formula is C16H24N4O2. The van der Waals surface area contributed by atoms with Gasteiger partial charge in [-0.15, -0.1) is 0 Å². The summed E-state index contributed by atoms with van der Waals surface area (Å²) in [5, 5.41) is 9.65. The largest absolute Gasteiger partial charge is 0.351 e. The minimum atomic E-state index is -0.0128. The van der Waals surface area contributed by atoms with Crippen LogP contribution in [0.5, 0.6) is 0 Å². The zero-order chi connectivity index (χ0) is 15.4. The van der Waals surface area contributed by atoms with E-state index >= 15 is 0 Å². The van der Waals surface area contributed by atoms with Crippen molar-refractivity contribution in [1.29, 1.82) is 0 Å². The van der Waals surface area contributed by atoms with Crippen molar-refractivity contribution in [2.75, 3.05) is 13.1 Å². The molecule has 0 unspecified atom stereocenters. The molecule has 2 N–H and O–H groups in total. The maximum atomic E-state index is 12.5. The van der Waals surface area contributed by atoms with Gasteiger partial charge in [0, 0.05) is 36.9 Å². The minimum absolute atomic E-state index is 0.0128. The average molecular weight is 304 g/mol. The van der Waals surface area contributed by atoms with Crippen molar-refractivity contribution < 1.29 is 9.59 Å². The standard InChI is InChI=1S/C16H24N4O2/c21-15(10-13-6-8-17-19-13)18-14-7-9-20(11-14)16(22)12-4-2-1-3-5-12/h6,8,12,14H,1-5,7,9-11H2,(H,17,19)(H,18,21)/t14-/m1/s1. The number of rotatable bonds is 4. The number of H-pyrrole nitrogens is 1. The minimum Gasteiger partial charge on any atom is -0.351 e. The van der Waals surface area contributed by atoms with Crippen molar-refractivity contribution in [2.45, 2.75) is 51.0 Å². The molecule has 0 aromatic carbocycles. The van der Waals surface area contributed by atoms with Crippen molar-refractivity contribution in [1.82, 2.24) is 20.4 Å². The first-order valence-electron chi connectivity index (χ1n) is 8.29. The molecule has 0 spiro atoms. The maximum absolute atomic E-state index is 12.5. The molecule has 3 rings (SSSR count). The molecule has 120 valence electrons. The quantitative estimate of drug-likeness (QED) is 0.879. The van der Waals surface area contributed by atoms with Gasteiger partial charge >= 0.3 is 0 Å². The molecule has 2 heterocycles. The highest BCUT2D eigenvalue weighted by atomic mass is 16.2. The van der Waals surface area contributed by atoms with Gasteiger partial charge in [0.25, 0.3) is 0 Å². The summed E-state index contributed by atoms with van der Waals surface area (Å²) in [5.41, 5.74) is 0.811. The summed E-state index contributed by atoms with van der Waals surface area (Å²) in [6.45, 7) is 1.42. The lowest BCUT2D eigenvalue weighted by molar-refractivity contribution is -0.135. The van der Waals surface area contributed by atoms with Crippen LogP contribution in [0.1, 0.15) is 44.2 Å². The van der Waals surface area contributed by atoms with Crippen LogP contribution in [0.15, 0.2) is 12.3 Å². The maximum Gasteiger partial charge on any atom is 0.226 e. The number of hydrogen-bond donors (Lipinski definition) is 2. The number of aromatic nitrogens is 2. The normalized spacial score (nSPS) is 22.7. The lowest BCUT2D eigenvalue weighted by atomic mass is 9.88. The summed E-state index contributed by atoms with van der Waals surface area (Å²) in [4.78, 5) is 26.4. The molecule has 1 aliphatic carbocycles. The van der Waals surface area contributed by atoms with Gasteiger partial charge in [0.15, 0.2) is 0 Å². The zero-order valence-corrected chi connectivity index (χ0v) is 12.9. The SMILES string of the molecule is O=C(Cc1ccn[nH]1)N[C@@H]1CCN(C(=O)C2CCCCC2)C1. The Labute approximate surface area is 130 Å². The lowest BCUT2D eigenvalue weighted by Gasteiger charge is -2.26. The van der Waals surface area contributed by atoms with E-state index in [1.165, 1.54) is 19.3 Å². The third kappa shape index (κ3) is 3.67. The van der Waals surface area contributed by atoms with Gasteiger partial charge < -0.3 is 10.2 Å². The Morgan fingerprint density at radius 3 is 2.82 bits per heavy atom. The highest BCUT2D eigenvalue weighted by Crippen LogP contribution is 2.26. The van der Waals surface area contributed by atoms with Crippen LogP contribution in [0.3, 0.4) is 0 Å². The van der Waals surface area contributed by atoms with Crippen LogP contribution in [0.4, 0.5) is 0 Å². The summed E-state index contributed by atoms with van der Waals surface area (Å²) in [7, 11) is 0. The predicted molar refractivity (Wildman–Crippen MR) is 82.0 cm³/mol. The van der Waals surface area contributed by atoms with E-state index in [9.17, 15) is 9.59 Å². The average Bonchev–Trinajstić information content (AvgIpc) is 3.19. The topological polar surface area (TPSA) is 78.1 Å². The van der Waals surface area contributed by atoms with E-state index in [4.69, 9.17) is 0 Å². The molecule has 2 amide bonds. The van der Waals surface area contributed by atoms with E-state index in [-0.39, 0.29) is 17.9 Å². The molecule has 1 atom stereocenters. The van der Waals surface area contributed by atoms with Crippen molar-refractivity contribution in [2.24, 2.45) is 5.92 Å². The first-order chi connectivity index (χ1) is 10.7. The molecule has 6 heteroatoms. The predicted octanol–water partition coefficient (Wildman–Crippen LogP) is 1.25. The Balaban J connectivity index is 1.45. The summed E-state index contributed by atoms with van der Waals surface area (Å²) in [5.74, 6) is 0.499. The van der Waals surface area contributed by atoms with E-state index in [0.717, 1.165) is 31.5 Å². The van der Waals surface area contributed by atoms with Gasteiger partial charge in [-0.2, -0.15) is 5.10 Å². The van der Waals surface area contributed by atoms with Crippen LogP contribution in [0.2, 0.25) is 0 Å². The zero-order valence-electron chi connectivity index (χ0n) is 12.9. The Morgan fingerprint density at radius 2 is 2.09 bits per heavy atom. The van der Waals surface area contributed by atoms with Gasteiger partial charge in [0.05, 0.1) is 6.42 Å². The second-order valence-electron chi connectivity index (χ2n) is 6.43. The molecule has 6 nitrogen and oxygen atoms in total. The lowest BCUT2D eigenvalue weighted by Crippen LogP contribution is -2.41. The van der Waals surface area contributed by atoms with E-state index in [1.54, 1.807) is 12.3 Å². The fourth-order valence-corrected chi connectivity index (χ4v) is 3.52. The number of hydrogen-bond acceptors (Lipinski definition) is 3. The Bertz CT molecular complexity index is 508. The highest BCUT2D eigenvalue weighted by Gasteiger charge is 2.31. The van der Waals surface area contributed by atoms with Gasteiger partial charge in [0.1, 0.15) is 0 Å². The van der Waals surface area contributed by atoms with Crippen molar-refractivity contribution in [3.05, 3.63) is 18.0 Å². The number of nitrogens with one attached hydrogen (secondary N) is 2. The Morgan fingerprint density at radius 1 is 1.27 bits per heavy atom. The molecule has 0 radical (unpaired) electrons. The molecule has 2 aliphatic rings. The Kier molecular flexibility index (Phi) is 4.75. The van der Waals surface area contributed by atoms with Crippen molar-refractivity contribution in [3.63, 3.8) is 0 Å². The monoisotopic (exact) mass is 304 g/mol. The first kappa shape index (κ1) is 15.1. The molecule has 22 heavy (non-hydrogen) atoms. The number of aromatic amines is 1. The third-order valence-corrected chi connectivity index (χ3v) is 4.73. The number of nitrogens with zero attached hydrogens (tertiary/aromatic N) is 2. The molecule has 2 fully saturated rings. The molecule has 1 aromatic heterocycles. The molecular weight excluding hydrogens is 280 g/mol. The molecule has 1 saturated heterocycles. The summed E-state index contributed by atoms with van der Waals surface area (Å²) >= 11 is 0. The molecule has 0 bridgehead atoms. The summed E-state index contributed by atoms with van der Waals surface area (Å²) < 4.78 is 0. The van der Waals surface area contributed by atoms with Gasteiger partial charge in [-0.05, 0) is 25.3 Å². The van der Waals surface area contributed by atoms with Crippen LogP contribution in [0, 0.1) is 5.92 Å². The van der Waals surface area contributed by atoms with E-state index in [1.807, 2.05) is 4.90 Å². The Hall–Kier alpha value is -1.85. The van der Waals surface area contributed by atoms with Gasteiger partial charge in [-0.3, -0.25) is 14.7 Å². The van der Waals surface area contributed by atoms with E-state index in [2.05, 4.69) is 15.5 Å². The highest BCUT2D eigenvalue weighted by molar-refractivity contribution is 5.80. The van der Waals surface area contributed by atoms with Gasteiger partial charge in [-0.25, -0.2) is 0 Å². The first-order valence-corrected chi connectivity index (χ1v) is 8.29. The number of amides is 2. The van der Waals surface area contributed by atoms with Gasteiger partial charge in [0.2, 0.25) is 11.8 Å². The second-order valence-corrected chi connectivity index (χ2v) is 6.43. The molecule has 1 saturated carbocycles. The van der Waals surface area contributed by atoms with Crippen molar-refractivity contribution >= 4 is 11.8 Å². The summed E-state index contributed by atoms with van der Waals surface area (Å²) in [6.07, 6.45) is 8.49. The van der Waals surface area contributed by atoms with Crippen LogP contribution >= 0.6 is 0 Å². The fourth-order valence-electron chi connectivity index (χ4n) is 3.52. The third-order valence-electron chi connectivity index (χ3n) is 4.73. The molecule has 1 aliphatic heterocycles. The summed E-state index contributed by atoms with van der Waals surface area (Å²) in [6, 6.07) is 1.88. The van der Waals surface area contributed by atoms with Crippen molar-refractivity contribution in [3.8, 4) is 0 Å². The number of likely N-dealkylation sites (tertiary alicyclic amines) is 1. The molecule has 1 aromatic rings. The van der Waals surface area contributed by atoms with Gasteiger partial charge in [-0.1, -0.05) is 19.3 Å². The number of carbonyl (C=O) groups is 2. The smallest absolute Gasteiger partial charge is 0.226 e. The van der Waals surface area contributed by atoms with Crippen LogP contribution < -0.4 is 5.32 Å². The fraction of sp³-hybridized carbons (Fsp3) is 0.688. The number of carbonyl (C=O) groups excluding carboxylic acids is 2.